The van der Waals surface area contributed by atoms with Crippen molar-refractivity contribution >= 4 is 12.4 Å². The minimum absolute atomic E-state index is 0.144. The Hall–Kier alpha value is -0.550. The molecule has 0 unspecified atom stereocenters. The third-order valence-corrected chi connectivity index (χ3v) is 6.37. The molecule has 1 atom stereocenters. The Labute approximate surface area is 80.5 Å². The second-order valence-corrected chi connectivity index (χ2v) is 8.14. The summed E-state index contributed by atoms with van der Waals surface area (Å²) in [6.07, 6.45) is 0. The fourth-order valence-corrected chi connectivity index (χ4v) is 2.62. The van der Waals surface area contributed by atoms with E-state index < -0.39 is 7.14 Å². The van der Waals surface area contributed by atoms with Gasteiger partial charge in [0.25, 0.3) is 0 Å². The molecule has 0 amide bonds. The van der Waals surface area contributed by atoms with Crippen molar-refractivity contribution in [2.75, 3.05) is 6.66 Å². The molecule has 0 aliphatic carbocycles. The Morgan fingerprint density at radius 2 is 1.54 bits per heavy atom. The molecular weight excluding hydrogens is 179 g/mol. The minimum Gasteiger partial charge on any atom is -0.318 e. The smallest absolute Gasteiger partial charge is 0.117 e. The summed E-state index contributed by atoms with van der Waals surface area (Å²) in [4.78, 5) is 0. The predicted molar refractivity (Wildman–Crippen MR) is 59.4 cm³/mol. The number of benzene rings is 1. The highest BCUT2D eigenvalue weighted by molar-refractivity contribution is 7.72. The molecule has 1 aromatic rings. The summed E-state index contributed by atoms with van der Waals surface area (Å²) in [5.74, 6) is 0. The minimum atomic E-state index is -2.23. The van der Waals surface area contributed by atoms with Gasteiger partial charge in [-0.3, -0.25) is 0 Å². The molecule has 0 radical (unpaired) electrons. The molecule has 0 aliphatic heterocycles. The van der Waals surface area contributed by atoms with E-state index in [4.69, 9.17) is 0 Å². The molecule has 0 bridgehead atoms. The summed E-state index contributed by atoms with van der Waals surface area (Å²) in [5, 5.41) is 0.830. The topological polar surface area (TPSA) is 17.1 Å². The van der Waals surface area contributed by atoms with Gasteiger partial charge in [0, 0.05) is 10.5 Å². The Morgan fingerprint density at radius 3 is 1.92 bits per heavy atom. The number of rotatable bonds is 1. The SMILES string of the molecule is CC(C)(C)[P@@](C)(=O)c1ccccc1. The lowest BCUT2D eigenvalue weighted by Gasteiger charge is -2.28. The fraction of sp³-hybridized carbons (Fsp3) is 0.455. The first-order valence-corrected chi connectivity index (χ1v) is 6.64. The Balaban J connectivity index is 3.17. The van der Waals surface area contributed by atoms with Gasteiger partial charge in [0.1, 0.15) is 7.14 Å². The van der Waals surface area contributed by atoms with E-state index in [1.165, 1.54) is 0 Å². The highest BCUT2D eigenvalue weighted by Crippen LogP contribution is 2.52. The summed E-state index contributed by atoms with van der Waals surface area (Å²) in [6.45, 7) is 7.95. The van der Waals surface area contributed by atoms with Crippen molar-refractivity contribution in [1.29, 1.82) is 0 Å². The quantitative estimate of drug-likeness (QED) is 0.631. The zero-order valence-corrected chi connectivity index (χ0v) is 9.64. The summed E-state index contributed by atoms with van der Waals surface area (Å²) in [6, 6.07) is 9.73. The van der Waals surface area contributed by atoms with Gasteiger partial charge < -0.3 is 4.57 Å². The van der Waals surface area contributed by atoms with Crippen LogP contribution in [0.15, 0.2) is 30.3 Å². The molecule has 13 heavy (non-hydrogen) atoms. The molecule has 1 aromatic carbocycles. The second kappa shape index (κ2) is 3.31. The van der Waals surface area contributed by atoms with Crippen molar-refractivity contribution in [3.05, 3.63) is 30.3 Å². The van der Waals surface area contributed by atoms with Gasteiger partial charge >= 0.3 is 0 Å². The van der Waals surface area contributed by atoms with Crippen LogP contribution in [0.2, 0.25) is 0 Å². The molecule has 1 rings (SSSR count). The molecular formula is C11H17OP. The maximum Gasteiger partial charge on any atom is 0.117 e. The van der Waals surface area contributed by atoms with E-state index in [9.17, 15) is 4.57 Å². The van der Waals surface area contributed by atoms with Crippen molar-refractivity contribution in [1.82, 2.24) is 0 Å². The van der Waals surface area contributed by atoms with Crippen LogP contribution in [-0.2, 0) is 4.57 Å². The van der Waals surface area contributed by atoms with E-state index in [-0.39, 0.29) is 5.16 Å². The van der Waals surface area contributed by atoms with E-state index in [1.807, 2.05) is 57.8 Å². The zero-order valence-electron chi connectivity index (χ0n) is 8.74. The predicted octanol–water partition coefficient (Wildman–Crippen LogP) is 3.10. The highest BCUT2D eigenvalue weighted by Gasteiger charge is 2.32. The molecule has 72 valence electrons. The average molecular weight is 196 g/mol. The molecule has 0 saturated heterocycles. The van der Waals surface area contributed by atoms with Crippen LogP contribution in [0.25, 0.3) is 0 Å². The van der Waals surface area contributed by atoms with E-state index in [1.54, 1.807) is 0 Å². The first-order chi connectivity index (χ1) is 5.86. The largest absolute Gasteiger partial charge is 0.318 e. The molecule has 0 spiro atoms. The first kappa shape index (κ1) is 10.5. The van der Waals surface area contributed by atoms with E-state index in [2.05, 4.69) is 0 Å². The Bertz CT molecular complexity index is 322. The van der Waals surface area contributed by atoms with Gasteiger partial charge in [-0.25, -0.2) is 0 Å². The number of hydrogen-bond donors (Lipinski definition) is 0. The molecule has 0 fully saturated rings. The lowest BCUT2D eigenvalue weighted by molar-refractivity contribution is 0.561. The van der Waals surface area contributed by atoms with Gasteiger partial charge in [0.05, 0.1) is 0 Å². The molecule has 0 heterocycles. The van der Waals surface area contributed by atoms with Gasteiger partial charge in [-0.1, -0.05) is 51.1 Å². The van der Waals surface area contributed by atoms with Gasteiger partial charge in [-0.2, -0.15) is 0 Å². The maximum atomic E-state index is 12.4. The van der Waals surface area contributed by atoms with Crippen molar-refractivity contribution < 1.29 is 4.57 Å². The fourth-order valence-electron chi connectivity index (χ4n) is 1.10. The molecule has 0 saturated carbocycles. The lowest BCUT2D eigenvalue weighted by atomic mass is 10.3. The third kappa shape index (κ3) is 2.03. The molecule has 0 N–H and O–H groups in total. The van der Waals surface area contributed by atoms with Crippen LogP contribution in [0.5, 0.6) is 0 Å². The third-order valence-electron chi connectivity index (χ3n) is 2.53. The van der Waals surface area contributed by atoms with Crippen molar-refractivity contribution in [2.45, 2.75) is 25.9 Å². The van der Waals surface area contributed by atoms with Crippen LogP contribution in [0.1, 0.15) is 20.8 Å². The summed E-state index contributed by atoms with van der Waals surface area (Å²) < 4.78 is 12.4. The molecule has 0 aromatic heterocycles. The Morgan fingerprint density at radius 1 is 1.08 bits per heavy atom. The molecule has 2 heteroatoms. The Kier molecular flexibility index (Phi) is 2.68. The van der Waals surface area contributed by atoms with Gasteiger partial charge in [0.15, 0.2) is 0 Å². The zero-order chi connectivity index (χ0) is 10.1. The van der Waals surface area contributed by atoms with Gasteiger partial charge in [-0.15, -0.1) is 0 Å². The van der Waals surface area contributed by atoms with Crippen LogP contribution in [0.3, 0.4) is 0 Å². The summed E-state index contributed by atoms with van der Waals surface area (Å²) in [7, 11) is -2.23. The molecule has 1 nitrogen and oxygen atoms in total. The normalized spacial score (nSPS) is 16.6. The highest BCUT2D eigenvalue weighted by atomic mass is 31.2. The van der Waals surface area contributed by atoms with Crippen LogP contribution < -0.4 is 5.30 Å². The van der Waals surface area contributed by atoms with Crippen LogP contribution in [0, 0.1) is 0 Å². The first-order valence-electron chi connectivity index (χ1n) is 4.49. The molecule has 0 aliphatic rings. The summed E-state index contributed by atoms with van der Waals surface area (Å²) in [5.41, 5.74) is 0. The van der Waals surface area contributed by atoms with E-state index in [0.29, 0.717) is 0 Å². The van der Waals surface area contributed by atoms with Gasteiger partial charge in [-0.05, 0) is 6.66 Å². The monoisotopic (exact) mass is 196 g/mol. The second-order valence-electron chi connectivity index (χ2n) is 4.43. The standard InChI is InChI=1S/C11H17OP/c1-11(2,3)13(4,12)10-8-6-5-7-9-10/h5-9H,1-4H3/t13-/m0/s1. The van der Waals surface area contributed by atoms with Crippen LogP contribution in [0.4, 0.5) is 0 Å². The summed E-state index contributed by atoms with van der Waals surface area (Å²) >= 11 is 0. The maximum absolute atomic E-state index is 12.4. The number of hydrogen-bond acceptors (Lipinski definition) is 1. The van der Waals surface area contributed by atoms with E-state index in [0.717, 1.165) is 5.30 Å². The van der Waals surface area contributed by atoms with Gasteiger partial charge in [0.2, 0.25) is 0 Å². The average Bonchev–Trinajstić information content (AvgIpc) is 2.04. The van der Waals surface area contributed by atoms with Crippen molar-refractivity contribution in [3.63, 3.8) is 0 Å². The van der Waals surface area contributed by atoms with E-state index >= 15 is 0 Å². The van der Waals surface area contributed by atoms with Crippen LogP contribution >= 0.6 is 7.14 Å². The van der Waals surface area contributed by atoms with Crippen LogP contribution in [-0.4, -0.2) is 11.8 Å². The lowest BCUT2D eigenvalue weighted by Crippen LogP contribution is -2.22. The van der Waals surface area contributed by atoms with Crippen molar-refractivity contribution in [3.8, 4) is 0 Å². The van der Waals surface area contributed by atoms with Crippen molar-refractivity contribution in [2.24, 2.45) is 0 Å².